The molecule has 6 heteroatoms. The molecule has 4 aromatic rings. The molecule has 0 aliphatic rings. The van der Waals surface area contributed by atoms with Crippen molar-refractivity contribution in [2.24, 2.45) is 0 Å². The quantitative estimate of drug-likeness (QED) is 0.384. The highest BCUT2D eigenvalue weighted by atomic mass is 16.5. The molecule has 0 fully saturated rings. The number of para-hydroxylation sites is 1. The first-order valence-corrected chi connectivity index (χ1v) is 10.6. The monoisotopic (exact) mass is 443 g/mol. The zero-order chi connectivity index (χ0) is 23.5. The Hall–Kier alpha value is -4.06. The van der Waals surface area contributed by atoms with E-state index in [2.05, 4.69) is 4.57 Å². The number of rotatable bonds is 8. The van der Waals surface area contributed by atoms with Gasteiger partial charge in [0.1, 0.15) is 11.5 Å². The second-order valence-electron chi connectivity index (χ2n) is 7.87. The molecule has 3 aromatic carbocycles. The average molecular weight is 443 g/mol. The summed E-state index contributed by atoms with van der Waals surface area (Å²) in [6.45, 7) is 3.96. The molecule has 0 amide bonds. The zero-order valence-corrected chi connectivity index (χ0v) is 18.7. The van der Waals surface area contributed by atoms with Gasteiger partial charge in [0.05, 0.1) is 12.7 Å². The Morgan fingerprint density at radius 1 is 0.970 bits per heavy atom. The Balaban J connectivity index is 1.72. The van der Waals surface area contributed by atoms with E-state index in [1.54, 1.807) is 37.4 Å². The highest BCUT2D eigenvalue weighted by molar-refractivity contribution is 6.17. The van der Waals surface area contributed by atoms with Gasteiger partial charge in [-0.15, -0.1) is 0 Å². The number of carbonyl (C=O) groups excluding carboxylic acids is 1. The number of aromatic nitrogens is 1. The van der Waals surface area contributed by atoms with E-state index in [0.717, 1.165) is 22.2 Å². The molecule has 1 heterocycles. The van der Waals surface area contributed by atoms with Crippen molar-refractivity contribution < 1.29 is 24.2 Å². The number of aliphatic carboxylic acids is 1. The first-order valence-electron chi connectivity index (χ1n) is 10.6. The van der Waals surface area contributed by atoms with Crippen molar-refractivity contribution in [3.63, 3.8) is 0 Å². The molecule has 0 spiro atoms. The molecular formula is C27H25NO5. The minimum atomic E-state index is -1.02. The van der Waals surface area contributed by atoms with Crippen LogP contribution < -0.4 is 9.47 Å². The van der Waals surface area contributed by atoms with Crippen LogP contribution in [-0.2, 0) is 11.3 Å². The van der Waals surface area contributed by atoms with Crippen molar-refractivity contribution in [1.82, 2.24) is 4.57 Å². The van der Waals surface area contributed by atoms with Crippen molar-refractivity contribution in [2.75, 3.05) is 7.11 Å². The molecule has 0 bridgehead atoms. The van der Waals surface area contributed by atoms with Crippen molar-refractivity contribution in [2.45, 2.75) is 26.5 Å². The summed E-state index contributed by atoms with van der Waals surface area (Å²) in [6.07, 6.45) is -0.942. The molecule has 1 aromatic heterocycles. The van der Waals surface area contributed by atoms with E-state index in [4.69, 9.17) is 14.6 Å². The number of nitrogens with zero attached hydrogens (tertiary/aromatic N) is 1. The molecule has 1 N–H and O–H groups in total. The number of ketones is 1. The van der Waals surface area contributed by atoms with Gasteiger partial charge >= 0.3 is 5.97 Å². The summed E-state index contributed by atoms with van der Waals surface area (Å²) in [5.74, 6) is 0.128. The fourth-order valence-electron chi connectivity index (χ4n) is 3.96. The summed E-state index contributed by atoms with van der Waals surface area (Å²) in [6, 6.07) is 22.3. The number of methoxy groups -OCH3 is 1. The van der Waals surface area contributed by atoms with Gasteiger partial charge in [-0.05, 0) is 61.9 Å². The second-order valence-corrected chi connectivity index (χ2v) is 7.87. The lowest BCUT2D eigenvalue weighted by Gasteiger charge is -2.13. The van der Waals surface area contributed by atoms with E-state index in [1.807, 2.05) is 49.4 Å². The molecule has 0 saturated heterocycles. The Kier molecular flexibility index (Phi) is 6.18. The highest BCUT2D eigenvalue weighted by Crippen LogP contribution is 2.30. The zero-order valence-electron chi connectivity index (χ0n) is 18.7. The number of carboxylic acids is 1. The molecule has 0 saturated carbocycles. The number of hydrogen-bond donors (Lipinski definition) is 1. The van der Waals surface area contributed by atoms with Crippen LogP contribution in [0.5, 0.6) is 11.5 Å². The maximum atomic E-state index is 13.5. The normalized spacial score (nSPS) is 11.8. The third kappa shape index (κ3) is 4.46. The van der Waals surface area contributed by atoms with Gasteiger partial charge in [0.2, 0.25) is 0 Å². The van der Waals surface area contributed by atoms with E-state index < -0.39 is 12.1 Å². The number of hydrogen-bond acceptors (Lipinski definition) is 4. The van der Waals surface area contributed by atoms with Crippen molar-refractivity contribution >= 4 is 22.7 Å². The lowest BCUT2D eigenvalue weighted by molar-refractivity contribution is -0.144. The molecule has 168 valence electrons. The molecule has 6 nitrogen and oxygen atoms in total. The average Bonchev–Trinajstić information content (AvgIpc) is 3.10. The lowest BCUT2D eigenvalue weighted by atomic mass is 10.0. The third-order valence-corrected chi connectivity index (χ3v) is 5.71. The smallest absolute Gasteiger partial charge is 0.344 e. The molecule has 1 atom stereocenters. The van der Waals surface area contributed by atoms with E-state index in [9.17, 15) is 9.59 Å². The van der Waals surface area contributed by atoms with Crippen LogP contribution in [0, 0.1) is 6.92 Å². The minimum Gasteiger partial charge on any atom is -0.497 e. The van der Waals surface area contributed by atoms with Crippen molar-refractivity contribution in [3.8, 4) is 11.5 Å². The number of ether oxygens (including phenoxy) is 2. The third-order valence-electron chi connectivity index (χ3n) is 5.71. The van der Waals surface area contributed by atoms with E-state index in [0.29, 0.717) is 29.2 Å². The highest BCUT2D eigenvalue weighted by Gasteiger charge is 2.21. The van der Waals surface area contributed by atoms with Gasteiger partial charge in [-0.1, -0.05) is 30.3 Å². The van der Waals surface area contributed by atoms with E-state index >= 15 is 0 Å². The molecule has 0 aliphatic heterocycles. The van der Waals surface area contributed by atoms with Crippen LogP contribution in [0.1, 0.15) is 34.1 Å². The van der Waals surface area contributed by atoms with E-state index in [1.165, 1.54) is 6.92 Å². The maximum absolute atomic E-state index is 13.5. The summed E-state index contributed by atoms with van der Waals surface area (Å²) in [7, 11) is 1.59. The molecule has 0 unspecified atom stereocenters. The Bertz CT molecular complexity index is 1320. The van der Waals surface area contributed by atoms with Gasteiger partial charge in [-0.3, -0.25) is 4.79 Å². The van der Waals surface area contributed by atoms with Gasteiger partial charge in [0.25, 0.3) is 0 Å². The summed E-state index contributed by atoms with van der Waals surface area (Å²) >= 11 is 0. The van der Waals surface area contributed by atoms with Gasteiger partial charge in [-0.2, -0.15) is 0 Å². The fraction of sp³-hybridized carbons (Fsp3) is 0.185. The van der Waals surface area contributed by atoms with Crippen molar-refractivity contribution in [1.29, 1.82) is 0 Å². The second kappa shape index (κ2) is 9.20. The Morgan fingerprint density at radius 3 is 2.39 bits per heavy atom. The van der Waals surface area contributed by atoms with Gasteiger partial charge in [0.15, 0.2) is 11.9 Å². The molecule has 33 heavy (non-hydrogen) atoms. The predicted molar refractivity (Wildman–Crippen MR) is 126 cm³/mol. The number of fused-ring (bicyclic) bond motifs is 1. The first kappa shape index (κ1) is 22.1. The molecule has 4 rings (SSSR count). The van der Waals surface area contributed by atoms with Crippen LogP contribution in [0.25, 0.3) is 10.9 Å². The topological polar surface area (TPSA) is 77.8 Å². The lowest BCUT2D eigenvalue weighted by Crippen LogP contribution is -2.22. The SMILES string of the molecule is COc1ccc(C(=O)c2c(C)n(Cc3cccc(O[C@H](C)C(=O)O)c3)c3ccccc23)cc1. The summed E-state index contributed by atoms with van der Waals surface area (Å²) in [5.41, 5.74) is 4.03. The summed E-state index contributed by atoms with van der Waals surface area (Å²) in [4.78, 5) is 24.6. The number of carboxylic acid groups (broad SMARTS) is 1. The fourth-order valence-corrected chi connectivity index (χ4v) is 3.96. The largest absolute Gasteiger partial charge is 0.497 e. The van der Waals surface area contributed by atoms with Crippen LogP contribution in [0.4, 0.5) is 0 Å². The van der Waals surface area contributed by atoms with Crippen LogP contribution >= 0.6 is 0 Å². The van der Waals surface area contributed by atoms with Gasteiger partial charge in [-0.25, -0.2) is 4.79 Å². The Morgan fingerprint density at radius 2 is 1.70 bits per heavy atom. The molecule has 0 radical (unpaired) electrons. The van der Waals surface area contributed by atoms with Crippen molar-refractivity contribution in [3.05, 3.63) is 95.2 Å². The predicted octanol–water partition coefficient (Wildman–Crippen LogP) is 5.09. The van der Waals surface area contributed by atoms with Crippen LogP contribution in [-0.4, -0.2) is 34.6 Å². The summed E-state index contributed by atoms with van der Waals surface area (Å²) < 4.78 is 12.8. The number of carbonyl (C=O) groups is 2. The minimum absolute atomic E-state index is 0.0440. The Labute approximate surface area is 192 Å². The van der Waals surface area contributed by atoms with Crippen LogP contribution in [0.15, 0.2) is 72.8 Å². The van der Waals surface area contributed by atoms with E-state index in [-0.39, 0.29) is 5.78 Å². The maximum Gasteiger partial charge on any atom is 0.344 e. The molecular weight excluding hydrogens is 418 g/mol. The molecule has 0 aliphatic carbocycles. The van der Waals surface area contributed by atoms with Gasteiger partial charge in [0, 0.05) is 28.7 Å². The number of benzene rings is 3. The van der Waals surface area contributed by atoms with Gasteiger partial charge < -0.3 is 19.1 Å². The summed E-state index contributed by atoms with van der Waals surface area (Å²) in [5, 5.41) is 10.0. The van der Waals surface area contributed by atoms with Crippen LogP contribution in [0.2, 0.25) is 0 Å². The first-order chi connectivity index (χ1) is 15.9. The van der Waals surface area contributed by atoms with Crippen LogP contribution in [0.3, 0.4) is 0 Å². The standard InChI is InChI=1S/C27H25NO5/c1-17-25(26(29)20-11-13-21(32-3)14-12-20)23-9-4-5-10-24(23)28(17)16-19-7-6-8-22(15-19)33-18(2)27(30)31/h4-15,18H,16H2,1-3H3,(H,30,31)/t18-/m1/s1.